The molecule has 5 heteroatoms. The summed E-state index contributed by atoms with van der Waals surface area (Å²) in [5, 5.41) is 3.13. The first-order valence-corrected chi connectivity index (χ1v) is 10.2. The first kappa shape index (κ1) is 19.3. The number of rotatable bonds is 6. The van der Waals surface area contributed by atoms with Crippen molar-refractivity contribution in [3.05, 3.63) is 30.1 Å². The minimum atomic E-state index is 0.178. The van der Waals surface area contributed by atoms with Crippen LogP contribution in [0.2, 0.25) is 0 Å². The maximum atomic E-state index is 12.4. The Hall–Kier alpha value is -1.46. The Labute approximate surface area is 158 Å². The van der Waals surface area contributed by atoms with Crippen LogP contribution in [0.5, 0.6) is 0 Å². The summed E-state index contributed by atoms with van der Waals surface area (Å²) in [6, 6.07) is 4.86. The molecule has 1 N–H and O–H groups in total. The fraction of sp³-hybridized carbons (Fsp3) is 0.714. The number of hydrogen-bond donors (Lipinski definition) is 1. The molecule has 1 atom stereocenters. The third-order valence-corrected chi connectivity index (χ3v) is 5.74. The molecule has 0 spiro atoms. The first-order valence-electron chi connectivity index (χ1n) is 10.2. The molecular formula is C21H34N4O. The van der Waals surface area contributed by atoms with Gasteiger partial charge in [-0.25, -0.2) is 0 Å². The lowest BCUT2D eigenvalue weighted by molar-refractivity contribution is -0.127. The summed E-state index contributed by atoms with van der Waals surface area (Å²) in [5.41, 5.74) is 1.35. The molecule has 0 radical (unpaired) electrons. The molecule has 1 aromatic heterocycles. The number of amides is 1. The van der Waals surface area contributed by atoms with Gasteiger partial charge in [0, 0.05) is 38.1 Å². The maximum absolute atomic E-state index is 12.4. The van der Waals surface area contributed by atoms with Gasteiger partial charge in [0.2, 0.25) is 5.91 Å². The van der Waals surface area contributed by atoms with Crippen molar-refractivity contribution in [3.63, 3.8) is 0 Å². The van der Waals surface area contributed by atoms with Gasteiger partial charge in [0.05, 0.1) is 5.92 Å². The zero-order valence-corrected chi connectivity index (χ0v) is 16.4. The van der Waals surface area contributed by atoms with Crippen LogP contribution in [0, 0.1) is 11.8 Å². The molecule has 2 aliphatic heterocycles. The van der Waals surface area contributed by atoms with E-state index < -0.39 is 0 Å². The van der Waals surface area contributed by atoms with Crippen LogP contribution in [0.25, 0.3) is 0 Å². The molecule has 1 aromatic rings. The van der Waals surface area contributed by atoms with Gasteiger partial charge in [-0.3, -0.25) is 19.6 Å². The fourth-order valence-electron chi connectivity index (χ4n) is 4.19. The molecule has 2 saturated heterocycles. The molecule has 2 fully saturated rings. The van der Waals surface area contributed by atoms with Gasteiger partial charge in [-0.15, -0.1) is 0 Å². The van der Waals surface area contributed by atoms with Crippen LogP contribution in [-0.4, -0.2) is 59.5 Å². The van der Waals surface area contributed by atoms with Crippen LogP contribution >= 0.6 is 0 Å². The SMILES string of the molecule is CC(C)CNC(=O)[C@@H]1CCCN(C2CCN(Cc3ccncc3)CC2)C1. The topological polar surface area (TPSA) is 48.5 Å². The molecule has 144 valence electrons. The molecule has 0 bridgehead atoms. The second kappa shape index (κ2) is 9.47. The highest BCUT2D eigenvalue weighted by molar-refractivity contribution is 5.78. The molecule has 0 unspecified atom stereocenters. The highest BCUT2D eigenvalue weighted by Gasteiger charge is 2.31. The van der Waals surface area contributed by atoms with Gasteiger partial charge < -0.3 is 5.32 Å². The predicted octanol–water partition coefficient (Wildman–Crippen LogP) is 2.53. The van der Waals surface area contributed by atoms with Crippen LogP contribution in [0.1, 0.15) is 45.1 Å². The van der Waals surface area contributed by atoms with E-state index in [2.05, 4.69) is 46.1 Å². The Morgan fingerprint density at radius 2 is 1.92 bits per heavy atom. The summed E-state index contributed by atoms with van der Waals surface area (Å²) < 4.78 is 0. The van der Waals surface area contributed by atoms with E-state index in [4.69, 9.17) is 0 Å². The van der Waals surface area contributed by atoms with Crippen LogP contribution in [0.15, 0.2) is 24.5 Å². The number of carbonyl (C=O) groups is 1. The number of nitrogens with one attached hydrogen (secondary N) is 1. The number of pyridine rings is 1. The molecule has 26 heavy (non-hydrogen) atoms. The lowest BCUT2D eigenvalue weighted by Gasteiger charge is -2.42. The first-order chi connectivity index (χ1) is 12.6. The quantitative estimate of drug-likeness (QED) is 0.849. The van der Waals surface area contributed by atoms with Crippen molar-refractivity contribution in [2.45, 2.75) is 52.1 Å². The van der Waals surface area contributed by atoms with E-state index in [0.29, 0.717) is 12.0 Å². The number of nitrogens with zero attached hydrogens (tertiary/aromatic N) is 3. The van der Waals surface area contributed by atoms with E-state index in [9.17, 15) is 4.79 Å². The van der Waals surface area contributed by atoms with Crippen molar-refractivity contribution >= 4 is 5.91 Å². The van der Waals surface area contributed by atoms with Crippen LogP contribution < -0.4 is 5.32 Å². The van der Waals surface area contributed by atoms with Crippen LogP contribution in [-0.2, 0) is 11.3 Å². The van der Waals surface area contributed by atoms with Crippen molar-refractivity contribution in [1.82, 2.24) is 20.1 Å². The van der Waals surface area contributed by atoms with E-state index in [0.717, 1.165) is 52.1 Å². The molecule has 3 rings (SSSR count). The van der Waals surface area contributed by atoms with Crippen molar-refractivity contribution in [2.24, 2.45) is 11.8 Å². The van der Waals surface area contributed by atoms with Crippen molar-refractivity contribution in [3.8, 4) is 0 Å². The molecule has 5 nitrogen and oxygen atoms in total. The van der Waals surface area contributed by atoms with Crippen molar-refractivity contribution < 1.29 is 4.79 Å². The Kier molecular flexibility index (Phi) is 7.03. The van der Waals surface area contributed by atoms with Crippen LogP contribution in [0.4, 0.5) is 0 Å². The van der Waals surface area contributed by atoms with E-state index in [1.807, 2.05) is 12.4 Å². The van der Waals surface area contributed by atoms with Crippen molar-refractivity contribution in [2.75, 3.05) is 32.7 Å². The fourth-order valence-corrected chi connectivity index (χ4v) is 4.19. The summed E-state index contributed by atoms with van der Waals surface area (Å²) in [7, 11) is 0. The molecule has 1 amide bonds. The molecule has 3 heterocycles. The van der Waals surface area contributed by atoms with Gasteiger partial charge in [0.25, 0.3) is 0 Å². The Bertz CT molecular complexity index is 554. The number of likely N-dealkylation sites (tertiary alicyclic amines) is 2. The van der Waals surface area contributed by atoms with E-state index >= 15 is 0 Å². The molecular weight excluding hydrogens is 324 g/mol. The highest BCUT2D eigenvalue weighted by Crippen LogP contribution is 2.24. The minimum absolute atomic E-state index is 0.178. The lowest BCUT2D eigenvalue weighted by atomic mass is 9.93. The van der Waals surface area contributed by atoms with E-state index in [1.54, 1.807) is 0 Å². The monoisotopic (exact) mass is 358 g/mol. The Morgan fingerprint density at radius 1 is 1.19 bits per heavy atom. The third-order valence-electron chi connectivity index (χ3n) is 5.74. The molecule has 0 aliphatic carbocycles. The normalized spacial score (nSPS) is 23.3. The second-order valence-electron chi connectivity index (χ2n) is 8.34. The molecule has 0 saturated carbocycles. The summed E-state index contributed by atoms with van der Waals surface area (Å²) in [6.45, 7) is 10.5. The Balaban J connectivity index is 1.44. The Morgan fingerprint density at radius 3 is 2.62 bits per heavy atom. The number of aromatic nitrogens is 1. The van der Waals surface area contributed by atoms with Crippen LogP contribution in [0.3, 0.4) is 0 Å². The van der Waals surface area contributed by atoms with Gasteiger partial charge in [-0.2, -0.15) is 0 Å². The zero-order chi connectivity index (χ0) is 18.4. The van der Waals surface area contributed by atoms with Gasteiger partial charge in [0.1, 0.15) is 0 Å². The third kappa shape index (κ3) is 5.52. The summed E-state index contributed by atoms with van der Waals surface area (Å²) in [6.07, 6.45) is 8.37. The minimum Gasteiger partial charge on any atom is -0.356 e. The highest BCUT2D eigenvalue weighted by atomic mass is 16.1. The summed E-state index contributed by atoms with van der Waals surface area (Å²) in [4.78, 5) is 21.7. The van der Waals surface area contributed by atoms with Gasteiger partial charge in [0.15, 0.2) is 0 Å². The zero-order valence-electron chi connectivity index (χ0n) is 16.4. The number of piperidine rings is 2. The average Bonchev–Trinajstić information content (AvgIpc) is 2.67. The van der Waals surface area contributed by atoms with Gasteiger partial charge in [-0.05, 0) is 68.9 Å². The molecule has 0 aromatic carbocycles. The van der Waals surface area contributed by atoms with Gasteiger partial charge in [-0.1, -0.05) is 13.8 Å². The van der Waals surface area contributed by atoms with Crippen molar-refractivity contribution in [1.29, 1.82) is 0 Å². The standard InChI is InChI=1S/C21H34N4O/c1-17(2)14-23-21(26)19-4-3-11-25(16-19)20-7-12-24(13-8-20)15-18-5-9-22-10-6-18/h5-6,9-10,17,19-20H,3-4,7-8,11-16H2,1-2H3,(H,23,26)/t19-/m1/s1. The maximum Gasteiger partial charge on any atom is 0.224 e. The number of carbonyl (C=O) groups excluding carboxylic acids is 1. The lowest BCUT2D eigenvalue weighted by Crippen LogP contribution is -2.50. The van der Waals surface area contributed by atoms with Gasteiger partial charge >= 0.3 is 0 Å². The predicted molar refractivity (Wildman–Crippen MR) is 105 cm³/mol. The smallest absolute Gasteiger partial charge is 0.224 e. The summed E-state index contributed by atoms with van der Waals surface area (Å²) >= 11 is 0. The van der Waals surface area contributed by atoms with E-state index in [1.165, 1.54) is 18.4 Å². The second-order valence-corrected chi connectivity index (χ2v) is 8.34. The number of hydrogen-bond acceptors (Lipinski definition) is 4. The summed E-state index contributed by atoms with van der Waals surface area (Å²) in [5.74, 6) is 0.958. The average molecular weight is 359 g/mol. The largest absolute Gasteiger partial charge is 0.356 e. The van der Waals surface area contributed by atoms with E-state index in [-0.39, 0.29) is 11.8 Å². The molecule has 2 aliphatic rings.